The molecule has 1 atom stereocenters. The number of methoxy groups -OCH3 is 1. The van der Waals surface area contributed by atoms with Gasteiger partial charge in [0, 0.05) is 7.05 Å². The van der Waals surface area contributed by atoms with E-state index in [-0.39, 0.29) is 15.5 Å². The van der Waals surface area contributed by atoms with E-state index in [1.165, 1.54) is 14.2 Å². The fraction of sp³-hybridized carbons (Fsp3) is 0.700. The molecule has 20 heavy (non-hydrogen) atoms. The van der Waals surface area contributed by atoms with Crippen molar-refractivity contribution in [1.29, 1.82) is 0 Å². The fourth-order valence-electron chi connectivity index (χ4n) is 1.66. The van der Waals surface area contributed by atoms with Gasteiger partial charge in [-0.25, -0.2) is 13.1 Å². The van der Waals surface area contributed by atoms with Gasteiger partial charge in [-0.2, -0.15) is 4.72 Å². The molecule has 0 fully saturated rings. The summed E-state index contributed by atoms with van der Waals surface area (Å²) in [5.41, 5.74) is 0. The number of nitrogens with zero attached hydrogens (tertiary/aromatic N) is 3. The Morgan fingerprint density at radius 1 is 1.50 bits per heavy atom. The number of hydrogen-bond acceptors (Lipinski definition) is 6. The van der Waals surface area contributed by atoms with Crippen molar-refractivity contribution in [2.75, 3.05) is 7.11 Å². The van der Waals surface area contributed by atoms with Gasteiger partial charge in [-0.15, -0.1) is 5.10 Å². The molecular formula is C10H17BrN4O4S. The number of rotatable bonds is 6. The van der Waals surface area contributed by atoms with Crippen molar-refractivity contribution in [3.8, 4) is 0 Å². The summed E-state index contributed by atoms with van der Waals surface area (Å²) < 4.78 is 32.7. The van der Waals surface area contributed by atoms with Crippen LogP contribution in [0.3, 0.4) is 0 Å². The molecule has 0 aliphatic heterocycles. The molecule has 0 spiro atoms. The molecular weight excluding hydrogens is 352 g/mol. The molecule has 0 amide bonds. The maximum Gasteiger partial charge on any atom is 0.323 e. The highest BCUT2D eigenvalue weighted by Crippen LogP contribution is 2.19. The third-order valence-corrected chi connectivity index (χ3v) is 4.84. The fourth-order valence-corrected chi connectivity index (χ4v) is 3.95. The quantitative estimate of drug-likeness (QED) is 0.730. The van der Waals surface area contributed by atoms with Crippen molar-refractivity contribution in [2.45, 2.75) is 31.3 Å². The molecule has 0 aliphatic carbocycles. The Labute approximate surface area is 126 Å². The molecule has 1 N–H and O–H groups in total. The number of esters is 1. The van der Waals surface area contributed by atoms with Crippen LogP contribution in [0.5, 0.6) is 0 Å². The highest BCUT2D eigenvalue weighted by Gasteiger charge is 2.31. The zero-order chi connectivity index (χ0) is 15.5. The number of aromatic nitrogens is 3. The molecule has 0 aromatic carbocycles. The lowest BCUT2D eigenvalue weighted by atomic mass is 10.1. The minimum Gasteiger partial charge on any atom is -0.468 e. The first-order chi connectivity index (χ1) is 9.19. The number of aryl methyl sites for hydroxylation is 1. The van der Waals surface area contributed by atoms with E-state index in [0.717, 1.165) is 4.68 Å². The van der Waals surface area contributed by atoms with Crippen LogP contribution in [0.4, 0.5) is 0 Å². The van der Waals surface area contributed by atoms with Crippen LogP contribution in [-0.2, 0) is 26.6 Å². The Morgan fingerprint density at radius 3 is 2.50 bits per heavy atom. The van der Waals surface area contributed by atoms with E-state index in [1.807, 2.05) is 13.8 Å². The number of nitrogens with one attached hydrogen (secondary N) is 1. The molecule has 10 heteroatoms. The molecule has 0 radical (unpaired) electrons. The Bertz CT molecular complexity index is 565. The highest BCUT2D eigenvalue weighted by molar-refractivity contribution is 9.10. The third-order valence-electron chi connectivity index (χ3n) is 2.48. The van der Waals surface area contributed by atoms with E-state index < -0.39 is 22.0 Å². The van der Waals surface area contributed by atoms with Crippen LogP contribution in [0.15, 0.2) is 9.63 Å². The summed E-state index contributed by atoms with van der Waals surface area (Å²) in [6.45, 7) is 3.76. The number of carbonyl (C=O) groups is 1. The third kappa shape index (κ3) is 4.00. The first-order valence-electron chi connectivity index (χ1n) is 5.84. The summed E-state index contributed by atoms with van der Waals surface area (Å²) in [4.78, 5) is 11.7. The van der Waals surface area contributed by atoms with E-state index in [9.17, 15) is 13.2 Å². The second kappa shape index (κ2) is 6.64. The smallest absolute Gasteiger partial charge is 0.323 e. The standard InChI is InChI=1S/C10H17BrN4O4S/c1-6(2)5-7(10(16)19-4)13-20(17,18)9-8(11)12-14-15(9)3/h6-7,13H,5H2,1-4H3. The maximum atomic E-state index is 12.3. The van der Waals surface area contributed by atoms with E-state index in [0.29, 0.717) is 6.42 Å². The Morgan fingerprint density at radius 2 is 2.10 bits per heavy atom. The van der Waals surface area contributed by atoms with Crippen LogP contribution in [0.25, 0.3) is 0 Å². The van der Waals surface area contributed by atoms with Crippen molar-refractivity contribution < 1.29 is 17.9 Å². The summed E-state index contributed by atoms with van der Waals surface area (Å²) in [6, 6.07) is -0.952. The zero-order valence-electron chi connectivity index (χ0n) is 11.6. The van der Waals surface area contributed by atoms with E-state index in [1.54, 1.807) is 0 Å². The van der Waals surface area contributed by atoms with Gasteiger partial charge in [0.1, 0.15) is 6.04 Å². The van der Waals surface area contributed by atoms with Crippen LogP contribution in [-0.4, -0.2) is 42.5 Å². The average Bonchev–Trinajstić information content (AvgIpc) is 2.66. The molecule has 0 aliphatic rings. The summed E-state index contributed by atoms with van der Waals surface area (Å²) in [6.07, 6.45) is 0.328. The monoisotopic (exact) mass is 368 g/mol. The lowest BCUT2D eigenvalue weighted by molar-refractivity contribution is -0.143. The van der Waals surface area contributed by atoms with Crippen LogP contribution >= 0.6 is 15.9 Å². The van der Waals surface area contributed by atoms with Gasteiger partial charge in [0.05, 0.1) is 7.11 Å². The van der Waals surface area contributed by atoms with Gasteiger partial charge < -0.3 is 4.74 Å². The predicted molar refractivity (Wildman–Crippen MR) is 74.3 cm³/mol. The second-order valence-corrected chi connectivity index (χ2v) is 7.02. The van der Waals surface area contributed by atoms with Crippen molar-refractivity contribution in [3.05, 3.63) is 4.60 Å². The SMILES string of the molecule is COC(=O)C(CC(C)C)NS(=O)(=O)c1c(Br)nnn1C. The minimum atomic E-state index is -3.94. The summed E-state index contributed by atoms with van der Waals surface area (Å²) in [5, 5.41) is 7.07. The Kier molecular flexibility index (Phi) is 5.66. The Hall–Kier alpha value is -1.00. The lowest BCUT2D eigenvalue weighted by Gasteiger charge is -2.18. The topological polar surface area (TPSA) is 103 Å². The molecule has 1 heterocycles. The molecule has 1 aromatic heterocycles. The highest BCUT2D eigenvalue weighted by atomic mass is 79.9. The van der Waals surface area contributed by atoms with Gasteiger partial charge in [-0.1, -0.05) is 19.1 Å². The normalized spacial score (nSPS) is 13.5. The van der Waals surface area contributed by atoms with Gasteiger partial charge in [0.2, 0.25) is 5.03 Å². The van der Waals surface area contributed by atoms with E-state index in [2.05, 4.69) is 35.7 Å². The van der Waals surface area contributed by atoms with Crippen LogP contribution in [0.2, 0.25) is 0 Å². The summed E-state index contributed by atoms with van der Waals surface area (Å²) >= 11 is 3.02. The van der Waals surface area contributed by atoms with Gasteiger partial charge in [-0.05, 0) is 28.3 Å². The predicted octanol–water partition coefficient (Wildman–Crippen LogP) is 0.444. The van der Waals surface area contributed by atoms with Crippen molar-refractivity contribution in [2.24, 2.45) is 13.0 Å². The number of sulfonamides is 1. The maximum absolute atomic E-state index is 12.3. The first-order valence-corrected chi connectivity index (χ1v) is 8.12. The Balaban J connectivity index is 3.06. The summed E-state index contributed by atoms with van der Waals surface area (Å²) in [5.74, 6) is -0.511. The van der Waals surface area contributed by atoms with Gasteiger partial charge in [0.25, 0.3) is 10.0 Å². The van der Waals surface area contributed by atoms with E-state index in [4.69, 9.17) is 0 Å². The minimum absolute atomic E-state index is 0.0839. The summed E-state index contributed by atoms with van der Waals surface area (Å²) in [7, 11) is -1.28. The van der Waals surface area contributed by atoms with Crippen molar-refractivity contribution >= 4 is 31.9 Å². The molecule has 1 rings (SSSR count). The van der Waals surface area contributed by atoms with Gasteiger partial charge in [-0.3, -0.25) is 4.79 Å². The van der Waals surface area contributed by atoms with Crippen molar-refractivity contribution in [1.82, 2.24) is 19.7 Å². The van der Waals surface area contributed by atoms with Crippen LogP contribution in [0, 0.1) is 5.92 Å². The van der Waals surface area contributed by atoms with Gasteiger partial charge >= 0.3 is 5.97 Å². The zero-order valence-corrected chi connectivity index (χ0v) is 14.0. The molecule has 0 saturated carbocycles. The molecule has 1 unspecified atom stereocenters. The number of ether oxygens (including phenoxy) is 1. The molecule has 0 bridgehead atoms. The molecule has 0 saturated heterocycles. The van der Waals surface area contributed by atoms with Crippen LogP contribution in [0.1, 0.15) is 20.3 Å². The molecule has 8 nitrogen and oxygen atoms in total. The lowest BCUT2D eigenvalue weighted by Crippen LogP contribution is -2.42. The second-order valence-electron chi connectivity index (χ2n) is 4.64. The largest absolute Gasteiger partial charge is 0.468 e. The number of halogens is 1. The molecule has 1 aromatic rings. The van der Waals surface area contributed by atoms with Crippen LogP contribution < -0.4 is 4.72 Å². The van der Waals surface area contributed by atoms with Crippen molar-refractivity contribution in [3.63, 3.8) is 0 Å². The van der Waals surface area contributed by atoms with Gasteiger partial charge in [0.15, 0.2) is 4.60 Å². The number of hydrogen-bond donors (Lipinski definition) is 1. The first kappa shape index (κ1) is 17.1. The van der Waals surface area contributed by atoms with E-state index >= 15 is 0 Å². The molecule has 114 valence electrons. The average molecular weight is 369 g/mol. The number of carbonyl (C=O) groups excluding carboxylic acids is 1.